The molecule has 0 aliphatic heterocycles. The monoisotopic (exact) mass is 470 g/mol. The second-order valence-electron chi connectivity index (χ2n) is 9.44. The normalized spacial score (nSPS) is 32.9. The maximum Gasteiger partial charge on any atom is 0.255 e. The van der Waals surface area contributed by atoms with Crippen LogP contribution in [0.2, 0.25) is 0 Å². The number of allylic oxidation sites excluding steroid dienone is 1. The lowest BCUT2D eigenvalue weighted by molar-refractivity contribution is -0.158. The maximum absolute atomic E-state index is 13.5. The van der Waals surface area contributed by atoms with Gasteiger partial charge in [0.15, 0.2) is 11.4 Å². The van der Waals surface area contributed by atoms with Crippen molar-refractivity contribution in [2.75, 3.05) is 14.1 Å². The Morgan fingerprint density at radius 2 is 1.74 bits per heavy atom. The number of fused-ring (bicyclic) bond motifs is 3. The van der Waals surface area contributed by atoms with Crippen molar-refractivity contribution in [1.29, 1.82) is 0 Å². The molecule has 0 heterocycles. The van der Waals surface area contributed by atoms with Gasteiger partial charge in [0.1, 0.15) is 28.6 Å². The third-order valence-electron chi connectivity index (χ3n) is 7.50. The summed E-state index contributed by atoms with van der Waals surface area (Å²) in [6.07, 6.45) is 0. The Morgan fingerprint density at radius 3 is 2.26 bits per heavy atom. The molecule has 0 radical (unpaired) electrons. The molecule has 6 N–H and O–H groups in total. The summed E-state index contributed by atoms with van der Waals surface area (Å²) in [5, 5.41) is 44.4. The second-order valence-corrected chi connectivity index (χ2v) is 9.44. The SMILES string of the molecule is CC(=O)C1C2C(=C(O)C3(O)C(=O)C(C(N)=O)=C(O)C(N(C)C)C13)C(=O)c1c(O)cccc1C2C. The minimum Gasteiger partial charge on any atom is -0.510 e. The molecule has 0 bridgehead atoms. The molecule has 0 saturated carbocycles. The molecule has 0 aromatic heterocycles. The summed E-state index contributed by atoms with van der Waals surface area (Å²) in [6.45, 7) is 2.95. The average molecular weight is 470 g/mol. The van der Waals surface area contributed by atoms with Crippen molar-refractivity contribution in [2.45, 2.75) is 31.4 Å². The number of hydrogen-bond acceptors (Lipinski definition) is 9. The van der Waals surface area contributed by atoms with Crippen LogP contribution < -0.4 is 5.73 Å². The molecular formula is C24H26N2O8. The van der Waals surface area contributed by atoms with Crippen LogP contribution in [-0.2, 0) is 14.4 Å². The molecular weight excluding hydrogens is 444 g/mol. The fourth-order valence-corrected chi connectivity index (χ4v) is 6.13. The lowest BCUT2D eigenvalue weighted by Gasteiger charge is -2.54. The van der Waals surface area contributed by atoms with Crippen LogP contribution in [0.5, 0.6) is 5.75 Å². The third-order valence-corrected chi connectivity index (χ3v) is 7.50. The highest BCUT2D eigenvalue weighted by molar-refractivity contribution is 6.25. The summed E-state index contributed by atoms with van der Waals surface area (Å²) in [7, 11) is 3.01. The van der Waals surface area contributed by atoms with Gasteiger partial charge >= 0.3 is 0 Å². The largest absolute Gasteiger partial charge is 0.510 e. The number of benzene rings is 1. The summed E-state index contributed by atoms with van der Waals surface area (Å²) in [5.74, 6) is -10.3. The fourth-order valence-electron chi connectivity index (χ4n) is 6.13. The van der Waals surface area contributed by atoms with Crippen LogP contribution in [0, 0.1) is 17.8 Å². The summed E-state index contributed by atoms with van der Waals surface area (Å²) in [6, 6.07) is 3.22. The standard InChI is InChI=1S/C24H26N2O8/c1-8-10-6-5-7-11(28)14(10)19(29)15-12(8)13(9(2)27)17-18(26(3)4)20(30)16(23(25)33)22(32)24(17,34)21(15)31/h5-8,12-13,17-18,28,30-31,34H,1-4H3,(H2,25,33). The summed E-state index contributed by atoms with van der Waals surface area (Å²) >= 11 is 0. The first kappa shape index (κ1) is 23.7. The maximum atomic E-state index is 13.5. The van der Waals surface area contributed by atoms with Crippen molar-refractivity contribution >= 4 is 23.3 Å². The van der Waals surface area contributed by atoms with Crippen molar-refractivity contribution in [2.24, 2.45) is 23.5 Å². The van der Waals surface area contributed by atoms with Crippen LogP contribution in [0.3, 0.4) is 0 Å². The molecule has 10 nitrogen and oxygen atoms in total. The predicted octanol–water partition coefficient (Wildman–Crippen LogP) is 0.497. The second kappa shape index (κ2) is 7.51. The van der Waals surface area contributed by atoms with Gasteiger partial charge in [0, 0.05) is 23.3 Å². The first-order chi connectivity index (χ1) is 15.8. The molecule has 34 heavy (non-hydrogen) atoms. The molecule has 6 unspecified atom stereocenters. The van der Waals surface area contributed by atoms with E-state index in [2.05, 4.69) is 0 Å². The van der Waals surface area contributed by atoms with E-state index in [4.69, 9.17) is 5.73 Å². The van der Waals surface area contributed by atoms with Gasteiger partial charge in [0.25, 0.3) is 5.91 Å². The van der Waals surface area contributed by atoms with E-state index in [9.17, 15) is 39.6 Å². The number of rotatable bonds is 3. The van der Waals surface area contributed by atoms with E-state index in [-0.39, 0.29) is 16.9 Å². The molecule has 1 amide bonds. The number of primary amides is 1. The van der Waals surface area contributed by atoms with Gasteiger partial charge in [-0.05, 0) is 38.6 Å². The van der Waals surface area contributed by atoms with Crippen LogP contribution in [0.15, 0.2) is 40.9 Å². The molecule has 180 valence electrons. The summed E-state index contributed by atoms with van der Waals surface area (Å²) in [5.41, 5.74) is 1.50. The van der Waals surface area contributed by atoms with Crippen LogP contribution in [0.25, 0.3) is 0 Å². The molecule has 3 aliphatic rings. The van der Waals surface area contributed by atoms with Gasteiger partial charge in [-0.15, -0.1) is 0 Å². The summed E-state index contributed by atoms with van der Waals surface area (Å²) < 4.78 is 0. The zero-order chi connectivity index (χ0) is 25.4. The van der Waals surface area contributed by atoms with Crippen LogP contribution in [0.4, 0.5) is 0 Å². The molecule has 0 saturated heterocycles. The van der Waals surface area contributed by atoms with Gasteiger partial charge in [0.05, 0.1) is 11.6 Å². The Labute approximate surface area is 195 Å². The van der Waals surface area contributed by atoms with Gasteiger partial charge in [-0.1, -0.05) is 19.1 Å². The molecule has 3 aliphatic carbocycles. The lowest BCUT2D eigenvalue weighted by atomic mass is 9.51. The number of phenols is 1. The van der Waals surface area contributed by atoms with E-state index in [0.717, 1.165) is 0 Å². The molecule has 0 fully saturated rings. The number of ketones is 3. The zero-order valence-electron chi connectivity index (χ0n) is 19.1. The van der Waals surface area contributed by atoms with Crippen molar-refractivity contribution in [3.05, 3.63) is 52.0 Å². The molecule has 0 spiro atoms. The first-order valence-electron chi connectivity index (χ1n) is 10.8. The van der Waals surface area contributed by atoms with Crippen molar-refractivity contribution in [3.63, 3.8) is 0 Å². The average Bonchev–Trinajstić information content (AvgIpc) is 2.73. The number of phenolic OH excluding ortho intramolecular Hbond substituents is 1. The van der Waals surface area contributed by atoms with E-state index < -0.39 is 75.7 Å². The predicted molar refractivity (Wildman–Crippen MR) is 118 cm³/mol. The number of nitrogens with zero attached hydrogens (tertiary/aromatic N) is 1. The number of hydrogen-bond donors (Lipinski definition) is 5. The number of carbonyl (C=O) groups is 4. The quantitative estimate of drug-likeness (QED) is 0.393. The number of aliphatic hydroxyl groups excluding tert-OH is 2. The number of aromatic hydroxyl groups is 1. The van der Waals surface area contributed by atoms with Gasteiger partial charge in [0.2, 0.25) is 5.78 Å². The van der Waals surface area contributed by atoms with E-state index in [0.29, 0.717) is 5.56 Å². The number of aliphatic hydroxyl groups is 3. The number of amides is 1. The number of Topliss-reactive ketones (excluding diaryl/α,β-unsaturated/α-hetero) is 3. The Hall–Kier alpha value is -3.50. The van der Waals surface area contributed by atoms with Gasteiger partial charge in [-0.25, -0.2) is 0 Å². The van der Waals surface area contributed by atoms with E-state index >= 15 is 0 Å². The fraction of sp³-hybridized carbons (Fsp3) is 0.417. The van der Waals surface area contributed by atoms with Crippen LogP contribution >= 0.6 is 0 Å². The Bertz CT molecular complexity index is 1230. The van der Waals surface area contributed by atoms with Crippen LogP contribution in [-0.4, -0.2) is 74.3 Å². The smallest absolute Gasteiger partial charge is 0.255 e. The molecule has 1 aromatic rings. The topological polar surface area (TPSA) is 178 Å². The van der Waals surface area contributed by atoms with Gasteiger partial charge in [-0.2, -0.15) is 0 Å². The zero-order valence-corrected chi connectivity index (χ0v) is 19.1. The Balaban J connectivity index is 2.13. The highest BCUT2D eigenvalue weighted by Gasteiger charge is 2.68. The Kier molecular flexibility index (Phi) is 5.22. The minimum absolute atomic E-state index is 0.0990. The third kappa shape index (κ3) is 2.75. The van der Waals surface area contributed by atoms with Crippen molar-refractivity contribution < 1.29 is 39.6 Å². The first-order valence-corrected chi connectivity index (χ1v) is 10.8. The molecule has 1 aromatic carbocycles. The van der Waals surface area contributed by atoms with E-state index in [1.165, 1.54) is 32.0 Å². The van der Waals surface area contributed by atoms with E-state index in [1.54, 1.807) is 19.1 Å². The Morgan fingerprint density at radius 1 is 1.12 bits per heavy atom. The number of likely N-dealkylation sites (N-methyl/N-ethyl adjacent to an activating group) is 1. The number of carbonyl (C=O) groups excluding carboxylic acids is 4. The molecule has 10 heteroatoms. The minimum atomic E-state index is -2.88. The molecule has 6 atom stereocenters. The highest BCUT2D eigenvalue weighted by atomic mass is 16.3. The summed E-state index contributed by atoms with van der Waals surface area (Å²) in [4.78, 5) is 53.5. The van der Waals surface area contributed by atoms with Crippen molar-refractivity contribution in [3.8, 4) is 5.75 Å². The van der Waals surface area contributed by atoms with Crippen molar-refractivity contribution in [1.82, 2.24) is 4.90 Å². The van der Waals surface area contributed by atoms with Crippen LogP contribution in [0.1, 0.15) is 35.7 Å². The highest BCUT2D eigenvalue weighted by Crippen LogP contribution is 2.58. The van der Waals surface area contributed by atoms with Gasteiger partial charge < -0.3 is 26.2 Å². The number of nitrogens with two attached hydrogens (primary N) is 1. The lowest BCUT2D eigenvalue weighted by Crippen LogP contribution is -2.67. The molecule has 4 rings (SSSR count). The van der Waals surface area contributed by atoms with Gasteiger partial charge in [-0.3, -0.25) is 24.1 Å². The van der Waals surface area contributed by atoms with E-state index in [1.807, 2.05) is 0 Å².